The van der Waals surface area contributed by atoms with E-state index in [1.54, 1.807) is 0 Å². The first-order valence-corrected chi connectivity index (χ1v) is 7.47. The van der Waals surface area contributed by atoms with Crippen LogP contribution in [0.2, 0.25) is 0 Å². The minimum Gasteiger partial charge on any atom is -0.489 e. The zero-order valence-corrected chi connectivity index (χ0v) is 12.2. The second kappa shape index (κ2) is 5.80. The van der Waals surface area contributed by atoms with E-state index in [1.807, 2.05) is 24.4 Å². The van der Waals surface area contributed by atoms with Crippen molar-refractivity contribution in [1.29, 1.82) is 0 Å². The molecule has 1 aliphatic carbocycles. The van der Waals surface area contributed by atoms with Gasteiger partial charge in [0.1, 0.15) is 11.9 Å². The molecule has 0 aliphatic heterocycles. The lowest BCUT2D eigenvalue weighted by atomic mass is 10.1. The van der Waals surface area contributed by atoms with E-state index in [1.165, 1.54) is 12.8 Å². The third kappa shape index (κ3) is 3.28. The highest BCUT2D eigenvalue weighted by Gasteiger charge is 2.23. The molecule has 0 saturated heterocycles. The first kappa shape index (κ1) is 13.4. The van der Waals surface area contributed by atoms with E-state index in [9.17, 15) is 0 Å². The summed E-state index contributed by atoms with van der Waals surface area (Å²) in [5, 5.41) is 4.70. The molecule has 2 aromatic rings. The van der Waals surface area contributed by atoms with Crippen molar-refractivity contribution in [3.05, 3.63) is 36.5 Å². The van der Waals surface area contributed by atoms with Gasteiger partial charge in [-0.3, -0.25) is 4.98 Å². The molecule has 1 unspecified atom stereocenters. The second-order valence-electron chi connectivity index (χ2n) is 5.94. The van der Waals surface area contributed by atoms with Gasteiger partial charge in [-0.1, -0.05) is 19.9 Å². The van der Waals surface area contributed by atoms with Crippen molar-refractivity contribution in [2.24, 2.45) is 5.92 Å². The molecule has 0 spiro atoms. The van der Waals surface area contributed by atoms with Crippen LogP contribution in [0, 0.1) is 5.92 Å². The molecule has 1 N–H and O–H groups in total. The van der Waals surface area contributed by atoms with Crippen molar-refractivity contribution in [2.45, 2.75) is 38.8 Å². The van der Waals surface area contributed by atoms with E-state index in [-0.39, 0.29) is 6.10 Å². The van der Waals surface area contributed by atoms with Gasteiger partial charge in [0.05, 0.1) is 5.52 Å². The van der Waals surface area contributed by atoms with Crippen LogP contribution in [0.5, 0.6) is 5.75 Å². The molecule has 3 nitrogen and oxygen atoms in total. The molecule has 0 radical (unpaired) electrons. The highest BCUT2D eigenvalue weighted by atomic mass is 16.5. The summed E-state index contributed by atoms with van der Waals surface area (Å²) in [6.07, 6.45) is 4.65. The summed E-state index contributed by atoms with van der Waals surface area (Å²) in [5.41, 5.74) is 0.989. The average molecular weight is 270 g/mol. The Bertz CT molecular complexity index is 578. The largest absolute Gasteiger partial charge is 0.489 e. The fourth-order valence-corrected chi connectivity index (χ4v) is 2.28. The van der Waals surface area contributed by atoms with Crippen LogP contribution in [-0.4, -0.2) is 23.7 Å². The van der Waals surface area contributed by atoms with Crippen LogP contribution in [0.4, 0.5) is 0 Å². The van der Waals surface area contributed by atoms with Gasteiger partial charge in [0.2, 0.25) is 0 Å². The average Bonchev–Trinajstić information content (AvgIpc) is 3.27. The van der Waals surface area contributed by atoms with Gasteiger partial charge in [-0.05, 0) is 37.0 Å². The van der Waals surface area contributed by atoms with Gasteiger partial charge in [0.25, 0.3) is 0 Å². The molecule has 1 atom stereocenters. The molecule has 1 aromatic heterocycles. The molecule has 3 rings (SSSR count). The lowest BCUT2D eigenvalue weighted by Gasteiger charge is -2.23. The van der Waals surface area contributed by atoms with Gasteiger partial charge >= 0.3 is 0 Å². The van der Waals surface area contributed by atoms with Crippen LogP contribution in [0.1, 0.15) is 26.7 Å². The molecule has 1 saturated carbocycles. The molecular weight excluding hydrogens is 248 g/mol. The molecule has 106 valence electrons. The van der Waals surface area contributed by atoms with Crippen LogP contribution in [0.3, 0.4) is 0 Å². The van der Waals surface area contributed by atoms with Crippen molar-refractivity contribution < 1.29 is 4.74 Å². The van der Waals surface area contributed by atoms with E-state index in [0.29, 0.717) is 5.92 Å². The molecule has 0 bridgehead atoms. The molecule has 1 aromatic carbocycles. The lowest BCUT2D eigenvalue weighted by molar-refractivity contribution is 0.148. The Morgan fingerprint density at radius 3 is 2.90 bits per heavy atom. The van der Waals surface area contributed by atoms with E-state index in [0.717, 1.165) is 29.2 Å². The Morgan fingerprint density at radius 1 is 1.30 bits per heavy atom. The highest BCUT2D eigenvalue weighted by molar-refractivity contribution is 5.79. The monoisotopic (exact) mass is 270 g/mol. The molecule has 1 heterocycles. The van der Waals surface area contributed by atoms with Crippen LogP contribution in [0.15, 0.2) is 36.5 Å². The van der Waals surface area contributed by atoms with Crippen molar-refractivity contribution >= 4 is 10.9 Å². The van der Waals surface area contributed by atoms with Crippen LogP contribution in [-0.2, 0) is 0 Å². The van der Waals surface area contributed by atoms with Gasteiger partial charge in [-0.2, -0.15) is 0 Å². The number of nitrogens with zero attached hydrogens (tertiary/aromatic N) is 1. The fourth-order valence-electron chi connectivity index (χ4n) is 2.28. The summed E-state index contributed by atoms with van der Waals surface area (Å²) in [7, 11) is 0. The summed E-state index contributed by atoms with van der Waals surface area (Å²) in [4.78, 5) is 4.38. The number of benzene rings is 1. The van der Waals surface area contributed by atoms with Gasteiger partial charge in [-0.25, -0.2) is 0 Å². The number of ether oxygens (including phenoxy) is 1. The highest BCUT2D eigenvalue weighted by Crippen LogP contribution is 2.23. The second-order valence-corrected chi connectivity index (χ2v) is 5.94. The maximum absolute atomic E-state index is 6.16. The Morgan fingerprint density at radius 2 is 2.15 bits per heavy atom. The number of fused-ring (bicyclic) bond motifs is 1. The standard InChI is InChI=1S/C17H22N2O/c1-12(2)17(11-19-14-6-7-14)20-15-8-5-13-4-3-9-18-16(13)10-15/h3-5,8-10,12,14,17,19H,6-7,11H2,1-2H3. The number of hydrogen-bond donors (Lipinski definition) is 1. The molecule has 1 fully saturated rings. The molecular formula is C17H22N2O. The number of nitrogens with one attached hydrogen (secondary N) is 1. The summed E-state index contributed by atoms with van der Waals surface area (Å²) in [6, 6.07) is 10.9. The minimum absolute atomic E-state index is 0.205. The van der Waals surface area contributed by atoms with Crippen LogP contribution >= 0.6 is 0 Å². The van der Waals surface area contributed by atoms with Crippen LogP contribution < -0.4 is 10.1 Å². The van der Waals surface area contributed by atoms with Gasteiger partial charge in [0, 0.05) is 30.2 Å². The third-order valence-corrected chi connectivity index (χ3v) is 3.79. The first-order valence-electron chi connectivity index (χ1n) is 7.47. The Hall–Kier alpha value is -1.61. The minimum atomic E-state index is 0.205. The lowest BCUT2D eigenvalue weighted by Crippen LogP contribution is -2.36. The number of rotatable bonds is 6. The van der Waals surface area contributed by atoms with Crippen molar-refractivity contribution in [3.63, 3.8) is 0 Å². The van der Waals surface area contributed by atoms with Crippen molar-refractivity contribution in [1.82, 2.24) is 10.3 Å². The fraction of sp³-hybridized carbons (Fsp3) is 0.471. The van der Waals surface area contributed by atoms with Gasteiger partial charge in [-0.15, -0.1) is 0 Å². The third-order valence-electron chi connectivity index (χ3n) is 3.79. The number of aromatic nitrogens is 1. The maximum atomic E-state index is 6.16. The Labute approximate surface area is 120 Å². The van der Waals surface area contributed by atoms with Crippen molar-refractivity contribution in [2.75, 3.05) is 6.54 Å². The quantitative estimate of drug-likeness (QED) is 0.873. The predicted octanol–water partition coefficient (Wildman–Crippen LogP) is 3.39. The van der Waals surface area contributed by atoms with Gasteiger partial charge < -0.3 is 10.1 Å². The van der Waals surface area contributed by atoms with Crippen LogP contribution in [0.25, 0.3) is 10.9 Å². The van der Waals surface area contributed by atoms with Gasteiger partial charge in [0.15, 0.2) is 0 Å². The van der Waals surface area contributed by atoms with E-state index >= 15 is 0 Å². The smallest absolute Gasteiger partial charge is 0.122 e. The summed E-state index contributed by atoms with van der Waals surface area (Å²) in [5.74, 6) is 1.40. The molecule has 0 amide bonds. The molecule has 1 aliphatic rings. The topological polar surface area (TPSA) is 34.1 Å². The SMILES string of the molecule is CC(C)C(CNC1CC1)Oc1ccc2cccnc2c1. The zero-order chi connectivity index (χ0) is 13.9. The van der Waals surface area contributed by atoms with E-state index in [2.05, 4.69) is 36.3 Å². The maximum Gasteiger partial charge on any atom is 0.122 e. The van der Waals surface area contributed by atoms with E-state index < -0.39 is 0 Å². The first-order chi connectivity index (χ1) is 9.72. The van der Waals surface area contributed by atoms with Crippen molar-refractivity contribution in [3.8, 4) is 5.75 Å². The Balaban J connectivity index is 1.71. The zero-order valence-electron chi connectivity index (χ0n) is 12.2. The number of pyridine rings is 1. The summed E-state index contributed by atoms with van der Waals surface area (Å²) >= 11 is 0. The normalized spacial score (nSPS) is 16.6. The number of hydrogen-bond acceptors (Lipinski definition) is 3. The molecule has 3 heteroatoms. The summed E-state index contributed by atoms with van der Waals surface area (Å²) < 4.78 is 6.16. The molecule has 20 heavy (non-hydrogen) atoms. The van der Waals surface area contributed by atoms with E-state index in [4.69, 9.17) is 4.74 Å². The predicted molar refractivity (Wildman–Crippen MR) is 82.0 cm³/mol. The Kier molecular flexibility index (Phi) is 3.88. The summed E-state index contributed by atoms with van der Waals surface area (Å²) in [6.45, 7) is 5.33.